The zero-order chi connectivity index (χ0) is 16.5. The van der Waals surface area contributed by atoms with Crippen LogP contribution in [0.5, 0.6) is 0 Å². The van der Waals surface area contributed by atoms with E-state index in [1.165, 1.54) is 0 Å². The van der Waals surface area contributed by atoms with Crippen LogP contribution in [-0.2, 0) is 4.79 Å². The summed E-state index contributed by atoms with van der Waals surface area (Å²) < 4.78 is 0. The molecule has 1 saturated heterocycles. The van der Waals surface area contributed by atoms with Crippen molar-refractivity contribution >= 4 is 22.6 Å². The van der Waals surface area contributed by atoms with Crippen LogP contribution in [0.1, 0.15) is 19.8 Å². The van der Waals surface area contributed by atoms with E-state index in [-0.39, 0.29) is 11.9 Å². The Morgan fingerprint density at radius 2 is 2.33 bits per heavy atom. The number of amides is 1. The van der Waals surface area contributed by atoms with Crippen molar-refractivity contribution in [2.24, 2.45) is 0 Å². The van der Waals surface area contributed by atoms with Gasteiger partial charge in [0.1, 0.15) is 5.65 Å². The number of rotatable bonds is 3. The average Bonchev–Trinajstić information content (AvgIpc) is 3.27. The summed E-state index contributed by atoms with van der Waals surface area (Å²) in [6, 6.07) is 2.26. The van der Waals surface area contributed by atoms with Gasteiger partial charge in [-0.15, -0.1) is 0 Å². The Labute approximate surface area is 139 Å². The highest BCUT2D eigenvalue weighted by Crippen LogP contribution is 2.34. The summed E-state index contributed by atoms with van der Waals surface area (Å²) in [4.78, 5) is 21.3. The summed E-state index contributed by atoms with van der Waals surface area (Å²) in [5.41, 5.74) is 3.89. The number of anilines is 1. The van der Waals surface area contributed by atoms with E-state index in [0.29, 0.717) is 0 Å². The molecule has 3 aromatic rings. The molecule has 0 spiro atoms. The second-order valence-corrected chi connectivity index (χ2v) is 6.22. The lowest BCUT2D eigenvalue weighted by Crippen LogP contribution is -2.44. The van der Waals surface area contributed by atoms with Gasteiger partial charge in [0, 0.05) is 61.2 Å². The minimum Gasteiger partial charge on any atom is -0.379 e. The number of pyridine rings is 1. The molecule has 1 atom stereocenters. The van der Waals surface area contributed by atoms with Crippen LogP contribution in [0.3, 0.4) is 0 Å². The van der Waals surface area contributed by atoms with Crippen LogP contribution in [0.2, 0.25) is 0 Å². The lowest BCUT2D eigenvalue weighted by Gasteiger charge is -2.33. The van der Waals surface area contributed by atoms with Crippen LogP contribution < -0.4 is 5.32 Å². The number of likely N-dealkylation sites (tertiary alicyclic amines) is 1. The van der Waals surface area contributed by atoms with E-state index in [1.807, 2.05) is 29.6 Å². The van der Waals surface area contributed by atoms with Gasteiger partial charge in [0.25, 0.3) is 0 Å². The lowest BCUT2D eigenvalue weighted by molar-refractivity contribution is -0.129. The first kappa shape index (κ1) is 14.7. The van der Waals surface area contributed by atoms with Crippen LogP contribution in [0.25, 0.3) is 22.2 Å². The van der Waals surface area contributed by atoms with E-state index < -0.39 is 0 Å². The molecule has 4 heterocycles. The smallest absolute Gasteiger partial charge is 0.219 e. The van der Waals surface area contributed by atoms with E-state index in [4.69, 9.17) is 0 Å². The Morgan fingerprint density at radius 1 is 1.42 bits per heavy atom. The summed E-state index contributed by atoms with van der Waals surface area (Å²) in [7, 11) is 0. The van der Waals surface area contributed by atoms with Gasteiger partial charge < -0.3 is 15.2 Å². The largest absolute Gasteiger partial charge is 0.379 e. The van der Waals surface area contributed by atoms with Gasteiger partial charge in [0.05, 0.1) is 11.9 Å². The topological polar surface area (TPSA) is 89.7 Å². The maximum absolute atomic E-state index is 11.7. The van der Waals surface area contributed by atoms with Crippen molar-refractivity contribution < 1.29 is 4.79 Å². The van der Waals surface area contributed by atoms with Crippen LogP contribution in [0, 0.1) is 0 Å². The molecule has 0 aromatic carbocycles. The SMILES string of the molecule is CC(=O)N1CCC[C@H](Nc2c(-c3cn[nH]c3)cnc3[nH]ccc23)C1. The number of H-pyrrole nitrogens is 2. The van der Waals surface area contributed by atoms with Gasteiger partial charge in [-0.25, -0.2) is 4.98 Å². The number of carbonyl (C=O) groups excluding carboxylic acids is 1. The number of piperidine rings is 1. The summed E-state index contributed by atoms with van der Waals surface area (Å²) in [6.45, 7) is 3.21. The Morgan fingerprint density at radius 3 is 3.12 bits per heavy atom. The van der Waals surface area contributed by atoms with Gasteiger partial charge in [-0.05, 0) is 18.9 Å². The Hall–Kier alpha value is -2.83. The summed E-state index contributed by atoms with van der Waals surface area (Å²) in [5, 5.41) is 11.6. The molecule has 24 heavy (non-hydrogen) atoms. The van der Waals surface area contributed by atoms with Crippen molar-refractivity contribution in [3.05, 3.63) is 30.9 Å². The van der Waals surface area contributed by atoms with Crippen molar-refractivity contribution in [1.82, 2.24) is 25.1 Å². The lowest BCUT2D eigenvalue weighted by atomic mass is 10.0. The van der Waals surface area contributed by atoms with Gasteiger partial charge in [-0.2, -0.15) is 5.10 Å². The van der Waals surface area contributed by atoms with Crippen LogP contribution >= 0.6 is 0 Å². The predicted molar refractivity (Wildman–Crippen MR) is 92.6 cm³/mol. The number of fused-ring (bicyclic) bond motifs is 1. The minimum absolute atomic E-state index is 0.137. The highest BCUT2D eigenvalue weighted by Gasteiger charge is 2.23. The van der Waals surface area contributed by atoms with Gasteiger partial charge >= 0.3 is 0 Å². The van der Waals surface area contributed by atoms with Crippen LogP contribution in [-0.4, -0.2) is 50.1 Å². The molecule has 3 N–H and O–H groups in total. The standard InChI is InChI=1S/C17H20N6O/c1-11(24)23-6-2-3-13(10-23)22-16-14-4-5-18-17(14)19-9-15(16)12-7-20-21-8-12/h4-5,7-9,13H,2-3,6,10H2,1H3,(H,20,21)(H2,18,19,22)/t13-/m0/s1. The molecule has 4 rings (SSSR count). The van der Waals surface area contributed by atoms with E-state index in [9.17, 15) is 4.79 Å². The van der Waals surface area contributed by atoms with Crippen molar-refractivity contribution in [2.45, 2.75) is 25.8 Å². The number of nitrogens with one attached hydrogen (secondary N) is 3. The molecular formula is C17H20N6O. The highest BCUT2D eigenvalue weighted by atomic mass is 16.2. The van der Waals surface area contributed by atoms with Crippen LogP contribution in [0.15, 0.2) is 30.9 Å². The molecule has 0 saturated carbocycles. The summed E-state index contributed by atoms with van der Waals surface area (Å²) in [6.07, 6.45) is 9.47. The number of hydrogen-bond donors (Lipinski definition) is 3. The molecule has 0 bridgehead atoms. The first-order valence-corrected chi connectivity index (χ1v) is 8.19. The fourth-order valence-electron chi connectivity index (χ4n) is 3.37. The minimum atomic E-state index is 0.137. The third-order valence-corrected chi connectivity index (χ3v) is 4.61. The summed E-state index contributed by atoms with van der Waals surface area (Å²) >= 11 is 0. The molecule has 1 fully saturated rings. The molecule has 1 amide bonds. The van der Waals surface area contributed by atoms with Crippen molar-refractivity contribution in [1.29, 1.82) is 0 Å². The number of carbonyl (C=O) groups is 1. The number of aromatic nitrogens is 4. The molecule has 1 aliphatic rings. The first-order chi connectivity index (χ1) is 11.7. The molecule has 0 radical (unpaired) electrons. The van der Waals surface area contributed by atoms with E-state index in [1.54, 1.807) is 13.1 Å². The first-order valence-electron chi connectivity index (χ1n) is 8.19. The van der Waals surface area contributed by atoms with E-state index in [0.717, 1.165) is 53.8 Å². The maximum atomic E-state index is 11.7. The Balaban J connectivity index is 1.71. The van der Waals surface area contributed by atoms with Crippen molar-refractivity contribution in [2.75, 3.05) is 18.4 Å². The van der Waals surface area contributed by atoms with Gasteiger partial charge in [0.15, 0.2) is 0 Å². The van der Waals surface area contributed by atoms with E-state index in [2.05, 4.69) is 25.5 Å². The molecule has 124 valence electrons. The average molecular weight is 324 g/mol. The van der Waals surface area contributed by atoms with Gasteiger partial charge in [-0.1, -0.05) is 0 Å². The summed E-state index contributed by atoms with van der Waals surface area (Å²) in [5.74, 6) is 0.137. The number of nitrogens with zero attached hydrogens (tertiary/aromatic N) is 3. The zero-order valence-electron chi connectivity index (χ0n) is 13.5. The highest BCUT2D eigenvalue weighted by molar-refractivity contribution is 5.98. The second-order valence-electron chi connectivity index (χ2n) is 6.22. The third kappa shape index (κ3) is 2.62. The molecule has 1 aliphatic heterocycles. The molecule has 7 nitrogen and oxygen atoms in total. The normalized spacial score (nSPS) is 18.0. The van der Waals surface area contributed by atoms with Crippen molar-refractivity contribution in [3.63, 3.8) is 0 Å². The fourth-order valence-corrected chi connectivity index (χ4v) is 3.37. The third-order valence-electron chi connectivity index (χ3n) is 4.61. The Bertz CT molecular complexity index is 853. The van der Waals surface area contributed by atoms with E-state index >= 15 is 0 Å². The molecule has 0 unspecified atom stereocenters. The Kier molecular flexibility index (Phi) is 3.68. The number of hydrogen-bond acceptors (Lipinski definition) is 4. The van der Waals surface area contributed by atoms with Crippen LogP contribution in [0.4, 0.5) is 5.69 Å². The maximum Gasteiger partial charge on any atom is 0.219 e. The molecular weight excluding hydrogens is 304 g/mol. The second kappa shape index (κ2) is 5.99. The van der Waals surface area contributed by atoms with Crippen molar-refractivity contribution in [3.8, 4) is 11.1 Å². The molecule has 0 aliphatic carbocycles. The molecule has 7 heteroatoms. The molecule has 3 aromatic heterocycles. The predicted octanol–water partition coefficient (Wildman–Crippen LogP) is 2.38. The zero-order valence-corrected chi connectivity index (χ0v) is 13.5. The van der Waals surface area contributed by atoms with Gasteiger partial charge in [-0.3, -0.25) is 9.89 Å². The monoisotopic (exact) mass is 324 g/mol. The fraction of sp³-hybridized carbons (Fsp3) is 0.353. The quantitative estimate of drug-likeness (QED) is 0.690. The van der Waals surface area contributed by atoms with Gasteiger partial charge in [0.2, 0.25) is 5.91 Å². The number of aromatic amines is 2.